The number of benzene rings is 1. The number of ether oxygens (including phenoxy) is 1. The van der Waals surface area contributed by atoms with Gasteiger partial charge < -0.3 is 20.7 Å². The van der Waals surface area contributed by atoms with Gasteiger partial charge >= 0.3 is 0 Å². The number of halogens is 1. The van der Waals surface area contributed by atoms with Gasteiger partial charge in [-0.2, -0.15) is 0 Å². The molecule has 0 bridgehead atoms. The molecule has 1 heterocycles. The standard InChI is InChI=1S/C18H24ClN3O3/c19-15-7-6-13(22-18(24)16-11-25-9-8-20-16)10-14(15)17(23)21-12-4-2-1-3-5-12/h6-7,10,12,16,20H,1-5,8-9,11H2,(H,21,23)(H,22,24). The Hall–Kier alpha value is -1.63. The minimum Gasteiger partial charge on any atom is -0.378 e. The first-order valence-corrected chi connectivity index (χ1v) is 9.23. The molecule has 2 amide bonds. The highest BCUT2D eigenvalue weighted by Gasteiger charge is 2.22. The number of carbonyl (C=O) groups is 2. The topological polar surface area (TPSA) is 79.5 Å². The molecule has 0 aromatic heterocycles. The summed E-state index contributed by atoms with van der Waals surface area (Å²) in [6.45, 7) is 1.60. The molecule has 6 nitrogen and oxygen atoms in total. The van der Waals surface area contributed by atoms with Crippen molar-refractivity contribution in [2.45, 2.75) is 44.2 Å². The fourth-order valence-corrected chi connectivity index (χ4v) is 3.45. The highest BCUT2D eigenvalue weighted by atomic mass is 35.5. The fraction of sp³-hybridized carbons (Fsp3) is 0.556. The summed E-state index contributed by atoms with van der Waals surface area (Å²) in [5.41, 5.74) is 0.938. The zero-order valence-corrected chi connectivity index (χ0v) is 14.9. The van der Waals surface area contributed by atoms with Gasteiger partial charge in [-0.1, -0.05) is 30.9 Å². The minimum absolute atomic E-state index is 0.180. The molecule has 1 atom stereocenters. The summed E-state index contributed by atoms with van der Waals surface area (Å²) in [5.74, 6) is -0.368. The molecule has 1 unspecified atom stereocenters. The molecule has 25 heavy (non-hydrogen) atoms. The van der Waals surface area contributed by atoms with Crippen molar-refractivity contribution in [3.63, 3.8) is 0 Å². The third kappa shape index (κ3) is 4.93. The molecule has 3 rings (SSSR count). The van der Waals surface area contributed by atoms with Crippen LogP contribution >= 0.6 is 11.6 Å². The van der Waals surface area contributed by atoms with Crippen LogP contribution in [0.2, 0.25) is 5.02 Å². The van der Waals surface area contributed by atoms with Crippen LogP contribution in [0, 0.1) is 0 Å². The van der Waals surface area contributed by atoms with E-state index in [9.17, 15) is 9.59 Å². The lowest BCUT2D eigenvalue weighted by Gasteiger charge is -2.24. The van der Waals surface area contributed by atoms with Gasteiger partial charge in [0.1, 0.15) is 6.04 Å². The van der Waals surface area contributed by atoms with E-state index in [2.05, 4.69) is 16.0 Å². The third-order valence-corrected chi connectivity index (χ3v) is 4.99. The number of anilines is 1. The minimum atomic E-state index is -0.385. The molecule has 1 aromatic carbocycles. The van der Waals surface area contributed by atoms with Crippen molar-refractivity contribution in [3.8, 4) is 0 Å². The Bertz CT molecular complexity index is 626. The maximum absolute atomic E-state index is 12.5. The van der Waals surface area contributed by atoms with E-state index in [1.54, 1.807) is 18.2 Å². The van der Waals surface area contributed by atoms with Crippen LogP contribution in [0.3, 0.4) is 0 Å². The normalized spacial score (nSPS) is 21.6. The summed E-state index contributed by atoms with van der Waals surface area (Å²) in [5, 5.41) is 9.35. The fourth-order valence-electron chi connectivity index (χ4n) is 3.25. The van der Waals surface area contributed by atoms with E-state index >= 15 is 0 Å². The largest absolute Gasteiger partial charge is 0.378 e. The van der Waals surface area contributed by atoms with Gasteiger partial charge in [-0.25, -0.2) is 0 Å². The molecule has 2 fully saturated rings. The molecule has 1 aromatic rings. The van der Waals surface area contributed by atoms with E-state index in [-0.39, 0.29) is 23.9 Å². The van der Waals surface area contributed by atoms with E-state index in [0.29, 0.717) is 36.0 Å². The van der Waals surface area contributed by atoms with E-state index < -0.39 is 0 Å². The van der Waals surface area contributed by atoms with Crippen LogP contribution in [-0.2, 0) is 9.53 Å². The lowest BCUT2D eigenvalue weighted by Crippen LogP contribution is -2.48. The highest BCUT2D eigenvalue weighted by molar-refractivity contribution is 6.34. The SMILES string of the molecule is O=C(NC1CCCCC1)c1cc(NC(=O)C2COCCN2)ccc1Cl. The first-order valence-electron chi connectivity index (χ1n) is 8.86. The summed E-state index contributed by atoms with van der Waals surface area (Å²) in [6.07, 6.45) is 5.53. The van der Waals surface area contributed by atoms with E-state index in [0.717, 1.165) is 25.7 Å². The van der Waals surface area contributed by atoms with Crippen molar-refractivity contribution >= 4 is 29.1 Å². The molecule has 1 saturated carbocycles. The Morgan fingerprint density at radius 1 is 1.20 bits per heavy atom. The summed E-state index contributed by atoms with van der Waals surface area (Å²) >= 11 is 6.19. The summed E-state index contributed by atoms with van der Waals surface area (Å²) in [6, 6.07) is 4.78. The molecular formula is C18H24ClN3O3. The van der Waals surface area contributed by atoms with Crippen LogP contribution in [0.5, 0.6) is 0 Å². The van der Waals surface area contributed by atoms with Crippen LogP contribution < -0.4 is 16.0 Å². The molecule has 3 N–H and O–H groups in total. The Labute approximate surface area is 152 Å². The van der Waals surface area contributed by atoms with Crippen molar-refractivity contribution in [3.05, 3.63) is 28.8 Å². The third-order valence-electron chi connectivity index (χ3n) is 4.66. The Balaban J connectivity index is 1.64. The molecule has 1 saturated heterocycles. The quantitative estimate of drug-likeness (QED) is 0.765. The average Bonchev–Trinajstić information content (AvgIpc) is 2.64. The number of hydrogen-bond donors (Lipinski definition) is 3. The number of morpholine rings is 1. The van der Waals surface area contributed by atoms with Crippen molar-refractivity contribution < 1.29 is 14.3 Å². The lowest BCUT2D eigenvalue weighted by molar-refractivity contribution is -0.120. The first kappa shape index (κ1) is 18.2. The zero-order valence-electron chi connectivity index (χ0n) is 14.1. The highest BCUT2D eigenvalue weighted by Crippen LogP contribution is 2.23. The number of rotatable bonds is 4. The van der Waals surface area contributed by atoms with Crippen molar-refractivity contribution in [1.29, 1.82) is 0 Å². The molecule has 1 aliphatic carbocycles. The van der Waals surface area contributed by atoms with Crippen LogP contribution in [-0.4, -0.2) is 43.7 Å². The van der Waals surface area contributed by atoms with Crippen LogP contribution in [0.1, 0.15) is 42.5 Å². The monoisotopic (exact) mass is 365 g/mol. The van der Waals surface area contributed by atoms with Crippen LogP contribution in [0.25, 0.3) is 0 Å². The smallest absolute Gasteiger partial charge is 0.253 e. The second-order valence-electron chi connectivity index (χ2n) is 6.57. The average molecular weight is 366 g/mol. The van der Waals surface area contributed by atoms with Gasteiger partial charge in [0.25, 0.3) is 5.91 Å². The predicted molar refractivity (Wildman–Crippen MR) is 97.0 cm³/mol. The molecule has 1 aliphatic heterocycles. The van der Waals surface area contributed by atoms with Crippen molar-refractivity contribution in [2.75, 3.05) is 25.1 Å². The number of nitrogens with one attached hydrogen (secondary N) is 3. The Kier molecular flexibility index (Phi) is 6.29. The van der Waals surface area contributed by atoms with E-state index in [4.69, 9.17) is 16.3 Å². The molecule has 7 heteroatoms. The van der Waals surface area contributed by atoms with Crippen molar-refractivity contribution in [2.24, 2.45) is 0 Å². The van der Waals surface area contributed by atoms with Gasteiger partial charge in [0, 0.05) is 18.3 Å². The summed E-state index contributed by atoms with van der Waals surface area (Å²) < 4.78 is 5.30. The molecular weight excluding hydrogens is 342 g/mol. The Morgan fingerprint density at radius 2 is 2.00 bits per heavy atom. The maximum Gasteiger partial charge on any atom is 0.253 e. The van der Waals surface area contributed by atoms with Gasteiger partial charge in [-0.15, -0.1) is 0 Å². The van der Waals surface area contributed by atoms with E-state index in [1.807, 2.05) is 0 Å². The van der Waals surface area contributed by atoms with Gasteiger partial charge in [-0.05, 0) is 31.0 Å². The van der Waals surface area contributed by atoms with E-state index in [1.165, 1.54) is 6.42 Å². The number of amides is 2. The number of hydrogen-bond acceptors (Lipinski definition) is 4. The predicted octanol–water partition coefficient (Wildman–Crippen LogP) is 2.33. The first-order chi connectivity index (χ1) is 12.1. The van der Waals surface area contributed by atoms with Crippen LogP contribution in [0.4, 0.5) is 5.69 Å². The zero-order chi connectivity index (χ0) is 17.6. The molecule has 0 spiro atoms. The lowest BCUT2D eigenvalue weighted by atomic mass is 9.95. The Morgan fingerprint density at radius 3 is 2.72 bits per heavy atom. The molecule has 2 aliphatic rings. The van der Waals surface area contributed by atoms with Crippen molar-refractivity contribution in [1.82, 2.24) is 10.6 Å². The number of carbonyl (C=O) groups excluding carboxylic acids is 2. The molecule has 0 radical (unpaired) electrons. The van der Waals surface area contributed by atoms with Gasteiger partial charge in [0.15, 0.2) is 0 Å². The maximum atomic E-state index is 12.5. The second kappa shape index (κ2) is 8.65. The summed E-state index contributed by atoms with van der Waals surface area (Å²) in [4.78, 5) is 24.8. The van der Waals surface area contributed by atoms with Crippen LogP contribution in [0.15, 0.2) is 18.2 Å². The van der Waals surface area contributed by atoms with Gasteiger partial charge in [0.2, 0.25) is 5.91 Å². The molecule has 136 valence electrons. The van der Waals surface area contributed by atoms with Gasteiger partial charge in [0.05, 0.1) is 23.8 Å². The second-order valence-corrected chi connectivity index (χ2v) is 6.98. The van der Waals surface area contributed by atoms with Gasteiger partial charge in [-0.3, -0.25) is 9.59 Å². The summed E-state index contributed by atoms with van der Waals surface area (Å²) in [7, 11) is 0.